The van der Waals surface area contributed by atoms with Gasteiger partial charge in [-0.3, -0.25) is 4.79 Å². The minimum absolute atomic E-state index is 0.332. The summed E-state index contributed by atoms with van der Waals surface area (Å²) in [6, 6.07) is 13.3. The van der Waals surface area contributed by atoms with E-state index in [1.54, 1.807) is 6.07 Å². The van der Waals surface area contributed by atoms with Crippen LogP contribution in [0.5, 0.6) is 5.75 Å². The number of aromatic nitrogens is 2. The van der Waals surface area contributed by atoms with Gasteiger partial charge in [0.15, 0.2) is 6.29 Å². The first kappa shape index (κ1) is 18.4. The molecule has 1 fully saturated rings. The van der Waals surface area contributed by atoms with E-state index in [1.165, 1.54) is 12.4 Å². The fourth-order valence-electron chi connectivity index (χ4n) is 3.09. The summed E-state index contributed by atoms with van der Waals surface area (Å²) in [7, 11) is -3.41. The molecule has 0 bridgehead atoms. The first-order valence-electron chi connectivity index (χ1n) is 9.05. The van der Waals surface area contributed by atoms with E-state index in [2.05, 4.69) is 5.10 Å². The van der Waals surface area contributed by atoms with Crippen LogP contribution in [0.4, 0.5) is 0 Å². The van der Waals surface area contributed by atoms with Crippen LogP contribution in [0.3, 0.4) is 0 Å². The van der Waals surface area contributed by atoms with E-state index in [4.69, 9.17) is 4.74 Å². The van der Waals surface area contributed by atoms with Crippen molar-refractivity contribution in [1.29, 1.82) is 0 Å². The van der Waals surface area contributed by atoms with E-state index in [0.29, 0.717) is 36.3 Å². The van der Waals surface area contributed by atoms with Gasteiger partial charge in [0.1, 0.15) is 12.4 Å². The van der Waals surface area contributed by atoms with Gasteiger partial charge in [0.2, 0.25) is 0 Å². The maximum atomic E-state index is 12.3. The molecule has 144 valence electrons. The molecule has 0 radical (unpaired) electrons. The summed E-state index contributed by atoms with van der Waals surface area (Å²) in [5.41, 5.74) is 3.60. The number of rotatable bonds is 7. The third kappa shape index (κ3) is 3.57. The first-order valence-corrected chi connectivity index (χ1v) is 10.6. The van der Waals surface area contributed by atoms with Crippen LogP contribution < -0.4 is 4.74 Å². The fraction of sp³-hybridized carbons (Fsp3) is 0.238. The van der Waals surface area contributed by atoms with Gasteiger partial charge in [0, 0.05) is 5.56 Å². The quantitative estimate of drug-likeness (QED) is 0.570. The zero-order chi connectivity index (χ0) is 19.7. The number of aldehydes is 1. The summed E-state index contributed by atoms with van der Waals surface area (Å²) in [6.45, 7) is 2.22. The van der Waals surface area contributed by atoms with Crippen molar-refractivity contribution in [2.24, 2.45) is 0 Å². The molecule has 28 heavy (non-hydrogen) atoms. The summed E-state index contributed by atoms with van der Waals surface area (Å²) in [4.78, 5) is 11.6. The van der Waals surface area contributed by atoms with Crippen molar-refractivity contribution in [3.8, 4) is 16.9 Å². The van der Waals surface area contributed by atoms with E-state index in [-0.39, 0.29) is 5.25 Å². The Balaban J connectivity index is 1.62. The highest BCUT2D eigenvalue weighted by atomic mass is 32.2. The lowest BCUT2D eigenvalue weighted by Crippen LogP contribution is -2.17. The number of carbonyl (C=O) groups is 1. The Morgan fingerprint density at radius 2 is 1.93 bits per heavy atom. The highest BCUT2D eigenvalue weighted by Gasteiger charge is 2.37. The van der Waals surface area contributed by atoms with Gasteiger partial charge < -0.3 is 4.74 Å². The molecule has 1 aromatic heterocycles. The van der Waals surface area contributed by atoms with Gasteiger partial charge in [-0.2, -0.15) is 9.19 Å². The monoisotopic (exact) mass is 396 g/mol. The van der Waals surface area contributed by atoms with Crippen LogP contribution in [0.1, 0.15) is 34.3 Å². The molecular weight excluding hydrogens is 376 g/mol. The second-order valence-corrected chi connectivity index (χ2v) is 9.02. The zero-order valence-corrected chi connectivity index (χ0v) is 16.2. The van der Waals surface area contributed by atoms with E-state index in [1.807, 2.05) is 43.3 Å². The second kappa shape index (κ2) is 7.24. The molecule has 1 heterocycles. The van der Waals surface area contributed by atoms with E-state index in [0.717, 1.165) is 27.1 Å². The average Bonchev–Trinajstić information content (AvgIpc) is 3.44. The lowest BCUT2D eigenvalue weighted by atomic mass is 10.0. The summed E-state index contributed by atoms with van der Waals surface area (Å²) in [5.74, 6) is 0.528. The molecule has 0 unspecified atom stereocenters. The lowest BCUT2D eigenvalue weighted by Gasteiger charge is -2.13. The van der Waals surface area contributed by atoms with Crippen LogP contribution in [-0.4, -0.2) is 29.1 Å². The van der Waals surface area contributed by atoms with Crippen molar-refractivity contribution in [2.75, 3.05) is 0 Å². The van der Waals surface area contributed by atoms with Crippen molar-refractivity contribution in [2.45, 2.75) is 31.6 Å². The number of hydrogen-bond acceptors (Lipinski definition) is 5. The lowest BCUT2D eigenvalue weighted by molar-refractivity contribution is 0.111. The van der Waals surface area contributed by atoms with Gasteiger partial charge in [-0.05, 0) is 48.6 Å². The van der Waals surface area contributed by atoms with Crippen LogP contribution in [0.25, 0.3) is 11.1 Å². The Kier molecular flexibility index (Phi) is 4.77. The topological polar surface area (TPSA) is 78.3 Å². The Bertz CT molecular complexity index is 1120. The van der Waals surface area contributed by atoms with Crippen LogP contribution in [0, 0.1) is 6.92 Å². The van der Waals surface area contributed by atoms with Gasteiger partial charge in [-0.1, -0.05) is 30.3 Å². The van der Waals surface area contributed by atoms with Crippen LogP contribution in [0.2, 0.25) is 0 Å². The molecule has 0 N–H and O–H groups in total. The molecule has 2 aromatic carbocycles. The normalized spacial score (nSPS) is 14.0. The van der Waals surface area contributed by atoms with Gasteiger partial charge in [0.05, 0.1) is 23.2 Å². The molecule has 0 saturated heterocycles. The Morgan fingerprint density at radius 1 is 1.18 bits per heavy atom. The molecule has 1 aliphatic carbocycles. The minimum atomic E-state index is -3.41. The Morgan fingerprint density at radius 3 is 2.61 bits per heavy atom. The number of hydrogen-bond donors (Lipinski definition) is 0. The molecular formula is C21H20N2O4S. The number of carbonyl (C=O) groups excluding carboxylic acids is 1. The molecule has 0 aliphatic heterocycles. The number of benzene rings is 2. The molecule has 0 spiro atoms. The van der Waals surface area contributed by atoms with Crippen molar-refractivity contribution < 1.29 is 17.9 Å². The highest BCUT2D eigenvalue weighted by molar-refractivity contribution is 7.90. The van der Waals surface area contributed by atoms with Gasteiger partial charge in [0.25, 0.3) is 10.0 Å². The van der Waals surface area contributed by atoms with Gasteiger partial charge in [-0.25, -0.2) is 8.42 Å². The van der Waals surface area contributed by atoms with Crippen molar-refractivity contribution in [1.82, 2.24) is 9.19 Å². The molecule has 1 saturated carbocycles. The molecule has 3 aromatic rings. The Hall–Kier alpha value is -2.93. The summed E-state index contributed by atoms with van der Waals surface area (Å²) in [5, 5.41) is 3.69. The SMILES string of the molecule is Cc1cc(-c2cnn(S(=O)(=O)C3CC3)c2)cc(C=O)c1OCc1ccccc1. The van der Waals surface area contributed by atoms with Crippen molar-refractivity contribution in [3.05, 3.63) is 71.5 Å². The maximum absolute atomic E-state index is 12.3. The minimum Gasteiger partial charge on any atom is -0.488 e. The molecule has 0 atom stereocenters. The molecule has 6 nitrogen and oxygen atoms in total. The largest absolute Gasteiger partial charge is 0.488 e. The number of nitrogens with zero attached hydrogens (tertiary/aromatic N) is 2. The summed E-state index contributed by atoms with van der Waals surface area (Å²) in [6.07, 6.45) is 5.12. The van der Waals surface area contributed by atoms with Crippen LogP contribution in [0.15, 0.2) is 54.9 Å². The first-order chi connectivity index (χ1) is 13.5. The van der Waals surface area contributed by atoms with Crippen molar-refractivity contribution in [3.63, 3.8) is 0 Å². The molecule has 4 rings (SSSR count). The number of ether oxygens (including phenoxy) is 1. The molecule has 0 amide bonds. The second-order valence-electron chi connectivity index (χ2n) is 6.95. The van der Waals surface area contributed by atoms with Gasteiger partial charge >= 0.3 is 0 Å². The smallest absolute Gasteiger partial charge is 0.256 e. The van der Waals surface area contributed by atoms with Crippen LogP contribution in [-0.2, 0) is 16.6 Å². The molecule has 7 heteroatoms. The predicted octanol–water partition coefficient (Wildman–Crippen LogP) is 3.59. The van der Waals surface area contributed by atoms with Crippen molar-refractivity contribution >= 4 is 16.3 Å². The number of aryl methyl sites for hydroxylation is 1. The fourth-order valence-corrected chi connectivity index (χ4v) is 4.57. The predicted molar refractivity (Wildman–Crippen MR) is 106 cm³/mol. The molecule has 1 aliphatic rings. The third-order valence-electron chi connectivity index (χ3n) is 4.76. The van der Waals surface area contributed by atoms with E-state index in [9.17, 15) is 13.2 Å². The zero-order valence-electron chi connectivity index (χ0n) is 15.4. The Labute approximate surface area is 163 Å². The summed E-state index contributed by atoms with van der Waals surface area (Å²) < 4.78 is 31.6. The highest BCUT2D eigenvalue weighted by Crippen LogP contribution is 2.33. The van der Waals surface area contributed by atoms with Gasteiger partial charge in [-0.15, -0.1) is 0 Å². The van der Waals surface area contributed by atoms with E-state index >= 15 is 0 Å². The average molecular weight is 396 g/mol. The van der Waals surface area contributed by atoms with Crippen LogP contribution >= 0.6 is 0 Å². The third-order valence-corrected chi connectivity index (χ3v) is 6.79. The summed E-state index contributed by atoms with van der Waals surface area (Å²) >= 11 is 0. The maximum Gasteiger partial charge on any atom is 0.256 e. The van der Waals surface area contributed by atoms with E-state index < -0.39 is 10.0 Å². The standard InChI is InChI=1S/C21H20N2O4S/c1-15-9-17(19-11-22-23(12-19)28(25,26)20-7-8-20)10-18(13-24)21(15)27-14-16-5-3-2-4-6-16/h2-6,9-13,20H,7-8,14H2,1H3.